The molecule has 0 saturated carbocycles. The summed E-state index contributed by atoms with van der Waals surface area (Å²) in [5, 5.41) is 9.99. The van der Waals surface area contributed by atoms with Crippen molar-refractivity contribution in [1.29, 1.82) is 0 Å². The van der Waals surface area contributed by atoms with Crippen LogP contribution in [0, 0.1) is 13.8 Å². The second kappa shape index (κ2) is 10.5. The number of carbonyl (C=O) groups is 1. The van der Waals surface area contributed by atoms with E-state index in [1.165, 1.54) is 46.8 Å². The Labute approximate surface area is 212 Å². The zero-order chi connectivity index (χ0) is 24.4. The van der Waals surface area contributed by atoms with Gasteiger partial charge in [-0.25, -0.2) is 0 Å². The van der Waals surface area contributed by atoms with Gasteiger partial charge in [-0.05, 0) is 93.2 Å². The number of likely N-dealkylation sites (tertiary alicyclic amines) is 1. The van der Waals surface area contributed by atoms with Gasteiger partial charge >= 0.3 is 0 Å². The molecule has 3 N–H and O–H groups in total. The van der Waals surface area contributed by atoms with E-state index in [0.29, 0.717) is 6.04 Å². The molecule has 1 amide bonds. The van der Waals surface area contributed by atoms with Gasteiger partial charge in [0.15, 0.2) is 0 Å². The minimum Gasteiger partial charge on any atom is -0.380 e. The normalized spacial score (nSPS) is 17.2. The number of nitrogens with zero attached hydrogens (tertiary/aromatic N) is 1. The fourth-order valence-corrected chi connectivity index (χ4v) is 6.17. The maximum atomic E-state index is 13.2. The van der Waals surface area contributed by atoms with E-state index in [1.54, 1.807) is 0 Å². The molecule has 0 unspecified atom stereocenters. The number of amides is 1. The average molecular weight is 489 g/mol. The molecule has 2 aliphatic rings. The lowest BCUT2D eigenvalue weighted by molar-refractivity contribution is 0.0939. The van der Waals surface area contributed by atoms with Crippen molar-refractivity contribution in [3.8, 4) is 10.4 Å². The third-order valence-electron chi connectivity index (χ3n) is 7.18. The molecule has 2 aromatic carbocycles. The van der Waals surface area contributed by atoms with Crippen molar-refractivity contribution in [2.75, 3.05) is 31.5 Å². The van der Waals surface area contributed by atoms with Crippen molar-refractivity contribution in [3.63, 3.8) is 0 Å². The SMILES string of the molecule is Cc1ccc(NC2CNC2)cc1C(=O)N[C@H](C)c1cccc(-c2sc(CN3CCCC3)cc2C)c1. The first kappa shape index (κ1) is 24.0. The molecule has 184 valence electrons. The summed E-state index contributed by atoms with van der Waals surface area (Å²) >= 11 is 1.91. The number of rotatable bonds is 8. The predicted molar refractivity (Wildman–Crippen MR) is 146 cm³/mol. The van der Waals surface area contributed by atoms with E-state index in [-0.39, 0.29) is 11.9 Å². The van der Waals surface area contributed by atoms with Crippen LogP contribution in [0.3, 0.4) is 0 Å². The van der Waals surface area contributed by atoms with Crippen LogP contribution in [0.2, 0.25) is 0 Å². The zero-order valence-electron chi connectivity index (χ0n) is 21.0. The first-order chi connectivity index (χ1) is 17.0. The van der Waals surface area contributed by atoms with Gasteiger partial charge in [0.2, 0.25) is 0 Å². The molecular formula is C29H36N4OS. The number of hydrogen-bond donors (Lipinski definition) is 3. The number of nitrogens with one attached hydrogen (secondary N) is 3. The Morgan fingerprint density at radius 1 is 1.09 bits per heavy atom. The fraction of sp³-hybridized carbons (Fsp3) is 0.414. The number of carbonyl (C=O) groups excluding carboxylic acids is 1. The van der Waals surface area contributed by atoms with Crippen LogP contribution in [0.1, 0.15) is 57.7 Å². The number of thiophene rings is 1. The van der Waals surface area contributed by atoms with Crippen LogP contribution in [0.15, 0.2) is 48.5 Å². The predicted octanol–water partition coefficient (Wildman–Crippen LogP) is 5.50. The average Bonchev–Trinajstić information content (AvgIpc) is 3.46. The third-order valence-corrected chi connectivity index (χ3v) is 8.45. The molecule has 3 aromatic rings. The molecule has 1 atom stereocenters. The summed E-state index contributed by atoms with van der Waals surface area (Å²) in [6.45, 7) is 11.7. The maximum Gasteiger partial charge on any atom is 0.252 e. The van der Waals surface area contributed by atoms with Gasteiger partial charge in [0.1, 0.15) is 0 Å². The summed E-state index contributed by atoms with van der Waals surface area (Å²) in [6.07, 6.45) is 2.64. The topological polar surface area (TPSA) is 56.4 Å². The first-order valence-electron chi connectivity index (χ1n) is 12.8. The number of hydrogen-bond acceptors (Lipinski definition) is 5. The Balaban J connectivity index is 1.28. The summed E-state index contributed by atoms with van der Waals surface area (Å²) in [6, 6.07) is 17.4. The smallest absolute Gasteiger partial charge is 0.252 e. The van der Waals surface area contributed by atoms with Crippen LogP contribution in [-0.4, -0.2) is 43.0 Å². The Hall–Kier alpha value is -2.67. The van der Waals surface area contributed by atoms with Crippen LogP contribution < -0.4 is 16.0 Å². The van der Waals surface area contributed by atoms with Crippen molar-refractivity contribution in [2.45, 2.75) is 52.2 Å². The second-order valence-corrected chi connectivity index (χ2v) is 11.2. The fourth-order valence-electron chi connectivity index (χ4n) is 4.96. The highest BCUT2D eigenvalue weighted by atomic mass is 32.1. The molecule has 5 nitrogen and oxygen atoms in total. The lowest BCUT2D eigenvalue weighted by Crippen LogP contribution is -2.51. The van der Waals surface area contributed by atoms with Crippen molar-refractivity contribution in [1.82, 2.24) is 15.5 Å². The van der Waals surface area contributed by atoms with Gasteiger partial charge in [-0.1, -0.05) is 24.3 Å². The van der Waals surface area contributed by atoms with Gasteiger partial charge in [-0.2, -0.15) is 0 Å². The monoisotopic (exact) mass is 488 g/mol. The number of benzene rings is 2. The van der Waals surface area contributed by atoms with Crippen molar-refractivity contribution in [2.24, 2.45) is 0 Å². The maximum absolute atomic E-state index is 13.2. The van der Waals surface area contributed by atoms with Gasteiger partial charge in [-0.15, -0.1) is 11.3 Å². The van der Waals surface area contributed by atoms with E-state index in [0.717, 1.165) is 42.0 Å². The Kier molecular flexibility index (Phi) is 7.23. The molecule has 2 saturated heterocycles. The lowest BCUT2D eigenvalue weighted by Gasteiger charge is -2.29. The highest BCUT2D eigenvalue weighted by molar-refractivity contribution is 7.15. The molecule has 3 heterocycles. The van der Waals surface area contributed by atoms with Gasteiger partial charge in [0.05, 0.1) is 12.1 Å². The second-order valence-electron chi connectivity index (χ2n) is 10.1. The standard InChI is InChI=1S/C29H36N4OS/c1-19-9-10-24(32-25-16-30-17-25)15-27(19)29(34)31-21(3)22-7-6-8-23(14-22)28-20(2)13-26(35-28)18-33-11-4-5-12-33/h6-10,13-15,21,25,30,32H,4-5,11-12,16-18H2,1-3H3,(H,31,34)/t21-/m1/s1. The van der Waals surface area contributed by atoms with Gasteiger partial charge in [-0.3, -0.25) is 9.69 Å². The largest absolute Gasteiger partial charge is 0.380 e. The highest BCUT2D eigenvalue weighted by Crippen LogP contribution is 2.34. The van der Waals surface area contributed by atoms with E-state index >= 15 is 0 Å². The Morgan fingerprint density at radius 3 is 2.63 bits per heavy atom. The molecule has 35 heavy (non-hydrogen) atoms. The first-order valence-corrected chi connectivity index (χ1v) is 13.6. The lowest BCUT2D eigenvalue weighted by atomic mass is 10.0. The van der Waals surface area contributed by atoms with Crippen molar-refractivity contribution < 1.29 is 4.79 Å². The van der Waals surface area contributed by atoms with Crippen LogP contribution >= 0.6 is 11.3 Å². The minimum atomic E-state index is -0.0846. The highest BCUT2D eigenvalue weighted by Gasteiger charge is 2.19. The molecular weight excluding hydrogens is 452 g/mol. The molecule has 0 bridgehead atoms. The number of aryl methyl sites for hydroxylation is 2. The quantitative estimate of drug-likeness (QED) is 0.392. The number of anilines is 1. The summed E-state index contributed by atoms with van der Waals surface area (Å²) in [5.74, 6) is -0.0315. The zero-order valence-corrected chi connectivity index (χ0v) is 21.8. The van der Waals surface area contributed by atoms with Crippen LogP contribution in [0.5, 0.6) is 0 Å². The molecule has 6 heteroatoms. The van der Waals surface area contributed by atoms with E-state index in [9.17, 15) is 4.79 Å². The van der Waals surface area contributed by atoms with Gasteiger partial charge in [0.25, 0.3) is 5.91 Å². The summed E-state index contributed by atoms with van der Waals surface area (Å²) in [4.78, 5) is 18.5. The van der Waals surface area contributed by atoms with Crippen LogP contribution in [0.25, 0.3) is 10.4 Å². The molecule has 1 aromatic heterocycles. The summed E-state index contributed by atoms with van der Waals surface area (Å²) < 4.78 is 0. The summed E-state index contributed by atoms with van der Waals surface area (Å²) in [5.41, 5.74) is 6.40. The van der Waals surface area contributed by atoms with E-state index < -0.39 is 0 Å². The van der Waals surface area contributed by atoms with Crippen LogP contribution in [0.4, 0.5) is 5.69 Å². The van der Waals surface area contributed by atoms with Crippen molar-refractivity contribution >= 4 is 22.9 Å². The Morgan fingerprint density at radius 2 is 1.89 bits per heavy atom. The summed E-state index contributed by atoms with van der Waals surface area (Å²) in [7, 11) is 0. The van der Waals surface area contributed by atoms with E-state index in [1.807, 2.05) is 30.4 Å². The molecule has 0 radical (unpaired) electrons. The Bertz CT molecular complexity index is 1190. The van der Waals surface area contributed by atoms with Gasteiger partial charge in [0, 0.05) is 40.6 Å². The third kappa shape index (κ3) is 5.61. The van der Waals surface area contributed by atoms with Gasteiger partial charge < -0.3 is 16.0 Å². The van der Waals surface area contributed by atoms with Crippen molar-refractivity contribution in [3.05, 3.63) is 75.7 Å². The van der Waals surface area contributed by atoms with E-state index in [2.05, 4.69) is 71.1 Å². The molecule has 0 spiro atoms. The minimum absolute atomic E-state index is 0.0315. The molecule has 5 rings (SSSR count). The van der Waals surface area contributed by atoms with E-state index in [4.69, 9.17) is 0 Å². The molecule has 2 aliphatic heterocycles. The molecule has 2 fully saturated rings. The van der Waals surface area contributed by atoms with Crippen LogP contribution in [-0.2, 0) is 6.54 Å². The molecule has 0 aliphatic carbocycles.